The monoisotopic (exact) mass is 296 g/mol. The predicted molar refractivity (Wildman–Crippen MR) is 70.8 cm³/mol. The molecular formula is C12H22BrClO. The van der Waals surface area contributed by atoms with Gasteiger partial charge in [-0.25, -0.2) is 0 Å². The zero-order valence-corrected chi connectivity index (χ0v) is 11.9. The summed E-state index contributed by atoms with van der Waals surface area (Å²) >= 11 is 8.60. The maximum absolute atomic E-state index is 10.7. The van der Waals surface area contributed by atoms with E-state index in [2.05, 4.69) is 22.9 Å². The molecule has 1 nitrogen and oxygen atoms in total. The van der Waals surface area contributed by atoms with Gasteiger partial charge in [-0.05, 0) is 18.0 Å². The molecule has 0 aliphatic rings. The lowest BCUT2D eigenvalue weighted by Crippen LogP contribution is -2.06. The highest BCUT2D eigenvalue weighted by Gasteiger charge is 2.10. The average molecular weight is 298 g/mol. The van der Waals surface area contributed by atoms with E-state index in [1.54, 1.807) is 0 Å². The van der Waals surface area contributed by atoms with Crippen molar-refractivity contribution in [2.45, 2.75) is 69.5 Å². The number of hydrogen-bond acceptors (Lipinski definition) is 1. The lowest BCUT2D eigenvalue weighted by molar-refractivity contribution is -0.111. The molecule has 15 heavy (non-hydrogen) atoms. The van der Waals surface area contributed by atoms with Crippen LogP contribution in [0.3, 0.4) is 0 Å². The molecule has 0 saturated heterocycles. The zero-order chi connectivity index (χ0) is 11.5. The Balaban J connectivity index is 3.08. The van der Waals surface area contributed by atoms with E-state index in [0.29, 0.717) is 0 Å². The van der Waals surface area contributed by atoms with E-state index in [1.807, 2.05) is 0 Å². The maximum atomic E-state index is 10.7. The summed E-state index contributed by atoms with van der Waals surface area (Å²) < 4.78 is 0. The second kappa shape index (κ2) is 10.9. The van der Waals surface area contributed by atoms with Gasteiger partial charge in [-0.3, -0.25) is 4.79 Å². The van der Waals surface area contributed by atoms with Gasteiger partial charge in [0.15, 0.2) is 0 Å². The molecule has 0 saturated carbocycles. The van der Waals surface area contributed by atoms with Gasteiger partial charge in [0, 0.05) is 0 Å². The minimum atomic E-state index is -0.266. The highest BCUT2D eigenvalue weighted by molar-refractivity contribution is 9.10. The van der Waals surface area contributed by atoms with Crippen LogP contribution in [0.1, 0.15) is 64.7 Å². The molecule has 0 aliphatic carbocycles. The van der Waals surface area contributed by atoms with Crippen LogP contribution >= 0.6 is 27.5 Å². The Morgan fingerprint density at radius 1 is 1.07 bits per heavy atom. The summed E-state index contributed by atoms with van der Waals surface area (Å²) in [5.74, 6) is 0. The molecule has 0 radical (unpaired) electrons. The van der Waals surface area contributed by atoms with Crippen LogP contribution in [-0.4, -0.2) is 10.1 Å². The maximum Gasteiger partial charge on any atom is 0.235 e. The smallest absolute Gasteiger partial charge is 0.235 e. The second-order valence-electron chi connectivity index (χ2n) is 4.04. The van der Waals surface area contributed by atoms with Crippen LogP contribution < -0.4 is 0 Å². The van der Waals surface area contributed by atoms with Gasteiger partial charge in [-0.1, -0.05) is 74.2 Å². The third-order valence-electron chi connectivity index (χ3n) is 2.56. The number of unbranched alkanes of at least 4 members (excludes halogenated alkanes) is 7. The van der Waals surface area contributed by atoms with Crippen LogP contribution in [0.2, 0.25) is 0 Å². The molecule has 1 unspecified atom stereocenters. The predicted octanol–water partition coefficient (Wildman–Crippen LogP) is 5.05. The first kappa shape index (κ1) is 15.4. The van der Waals surface area contributed by atoms with Gasteiger partial charge >= 0.3 is 0 Å². The Bertz CT molecular complexity index is 162. The fraction of sp³-hybridized carbons (Fsp3) is 0.917. The van der Waals surface area contributed by atoms with Gasteiger partial charge < -0.3 is 0 Å². The van der Waals surface area contributed by atoms with Crippen molar-refractivity contribution in [3.63, 3.8) is 0 Å². The van der Waals surface area contributed by atoms with E-state index in [-0.39, 0.29) is 10.1 Å². The second-order valence-corrected chi connectivity index (χ2v) is 5.51. The van der Waals surface area contributed by atoms with Gasteiger partial charge in [-0.15, -0.1) is 0 Å². The molecule has 0 N–H and O–H groups in total. The molecule has 0 spiro atoms. The van der Waals surface area contributed by atoms with Crippen molar-refractivity contribution in [2.24, 2.45) is 0 Å². The molecule has 90 valence electrons. The highest BCUT2D eigenvalue weighted by Crippen LogP contribution is 2.15. The minimum absolute atomic E-state index is 0.140. The molecular weight excluding hydrogens is 275 g/mol. The summed E-state index contributed by atoms with van der Waals surface area (Å²) in [5.41, 5.74) is 0. The van der Waals surface area contributed by atoms with Crippen molar-refractivity contribution in [1.82, 2.24) is 0 Å². The molecule has 0 aromatic rings. The van der Waals surface area contributed by atoms with Crippen LogP contribution in [0, 0.1) is 0 Å². The lowest BCUT2D eigenvalue weighted by Gasteiger charge is -2.04. The zero-order valence-electron chi connectivity index (χ0n) is 9.61. The number of carbonyl (C=O) groups excluding carboxylic acids is 1. The van der Waals surface area contributed by atoms with E-state index in [4.69, 9.17) is 11.6 Å². The molecule has 1 atom stereocenters. The minimum Gasteiger partial charge on any atom is -0.280 e. The summed E-state index contributed by atoms with van der Waals surface area (Å²) in [6.45, 7) is 2.24. The molecule has 0 rings (SSSR count). The van der Waals surface area contributed by atoms with Gasteiger partial charge in [0.05, 0.1) is 4.83 Å². The first-order valence-electron chi connectivity index (χ1n) is 6.02. The third-order valence-corrected chi connectivity index (χ3v) is 3.96. The van der Waals surface area contributed by atoms with E-state index >= 15 is 0 Å². The fourth-order valence-electron chi connectivity index (χ4n) is 1.57. The Morgan fingerprint density at radius 2 is 1.53 bits per heavy atom. The standard InChI is InChI=1S/C12H22BrClO/c1-2-3-4-5-6-7-8-9-10-11(13)12(14)15/h11H,2-10H2,1H3. The van der Waals surface area contributed by atoms with Crippen molar-refractivity contribution < 1.29 is 4.79 Å². The molecule has 0 aromatic heterocycles. The number of rotatable bonds is 10. The number of carbonyl (C=O) groups is 1. The summed E-state index contributed by atoms with van der Waals surface area (Å²) in [4.78, 5) is 10.6. The quantitative estimate of drug-likeness (QED) is 0.313. The Kier molecular flexibility index (Phi) is 11.3. The summed E-state index contributed by atoms with van der Waals surface area (Å²) in [6.07, 6.45) is 11.2. The van der Waals surface area contributed by atoms with Crippen molar-refractivity contribution in [3.05, 3.63) is 0 Å². The highest BCUT2D eigenvalue weighted by atomic mass is 79.9. The fourth-order valence-corrected chi connectivity index (χ4v) is 2.00. The number of halogens is 2. The topological polar surface area (TPSA) is 17.1 Å². The normalized spacial score (nSPS) is 12.7. The van der Waals surface area contributed by atoms with Crippen LogP contribution in [-0.2, 0) is 4.79 Å². The van der Waals surface area contributed by atoms with Gasteiger partial charge in [0.25, 0.3) is 0 Å². The van der Waals surface area contributed by atoms with Gasteiger partial charge in [0.2, 0.25) is 5.24 Å². The molecule has 3 heteroatoms. The van der Waals surface area contributed by atoms with Crippen molar-refractivity contribution in [2.75, 3.05) is 0 Å². The largest absolute Gasteiger partial charge is 0.280 e. The van der Waals surface area contributed by atoms with E-state index in [1.165, 1.54) is 44.9 Å². The first-order valence-corrected chi connectivity index (χ1v) is 7.31. The molecule has 0 fully saturated rings. The number of hydrogen-bond donors (Lipinski definition) is 0. The summed E-state index contributed by atoms with van der Waals surface area (Å²) in [6, 6.07) is 0. The SMILES string of the molecule is CCCCCCCCCCC(Br)C(=O)Cl. The van der Waals surface area contributed by atoms with Crippen molar-refractivity contribution in [1.29, 1.82) is 0 Å². The van der Waals surface area contributed by atoms with E-state index in [9.17, 15) is 4.79 Å². The molecule has 0 heterocycles. The Hall–Kier alpha value is 0.440. The summed E-state index contributed by atoms with van der Waals surface area (Å²) in [5, 5.41) is -0.266. The first-order chi connectivity index (χ1) is 7.18. The molecule has 0 bridgehead atoms. The van der Waals surface area contributed by atoms with Gasteiger partial charge in [-0.2, -0.15) is 0 Å². The van der Waals surface area contributed by atoms with Crippen LogP contribution in [0.4, 0.5) is 0 Å². The van der Waals surface area contributed by atoms with Crippen molar-refractivity contribution in [3.8, 4) is 0 Å². The van der Waals surface area contributed by atoms with E-state index in [0.717, 1.165) is 12.8 Å². The van der Waals surface area contributed by atoms with Gasteiger partial charge in [0.1, 0.15) is 0 Å². The van der Waals surface area contributed by atoms with Crippen LogP contribution in [0.25, 0.3) is 0 Å². The van der Waals surface area contributed by atoms with Crippen molar-refractivity contribution >= 4 is 32.8 Å². The summed E-state index contributed by atoms with van der Waals surface area (Å²) in [7, 11) is 0. The Labute approximate surface area is 107 Å². The van der Waals surface area contributed by atoms with Crippen LogP contribution in [0.5, 0.6) is 0 Å². The Morgan fingerprint density at radius 3 is 2.00 bits per heavy atom. The van der Waals surface area contributed by atoms with Crippen LogP contribution in [0.15, 0.2) is 0 Å². The number of alkyl halides is 1. The molecule has 0 aliphatic heterocycles. The molecule has 0 aromatic carbocycles. The van der Waals surface area contributed by atoms with E-state index < -0.39 is 0 Å². The lowest BCUT2D eigenvalue weighted by atomic mass is 10.1. The molecule has 0 amide bonds. The third kappa shape index (κ3) is 10.7. The average Bonchev–Trinajstić information content (AvgIpc) is 2.21.